The highest BCUT2D eigenvalue weighted by Gasteiger charge is 2.38. The van der Waals surface area contributed by atoms with Gasteiger partial charge in [-0.2, -0.15) is 0 Å². The largest absolute Gasteiger partial charge is 0.497 e. The van der Waals surface area contributed by atoms with Crippen LogP contribution in [-0.2, 0) is 32.7 Å². The van der Waals surface area contributed by atoms with E-state index in [0.717, 1.165) is 28.9 Å². The van der Waals surface area contributed by atoms with Crippen molar-refractivity contribution >= 4 is 21.8 Å². The number of benzene rings is 3. The van der Waals surface area contributed by atoms with Gasteiger partial charge in [0.2, 0.25) is 21.8 Å². The lowest BCUT2D eigenvalue weighted by Gasteiger charge is -2.25. The van der Waals surface area contributed by atoms with Gasteiger partial charge in [0, 0.05) is 37.5 Å². The van der Waals surface area contributed by atoms with Crippen molar-refractivity contribution in [3.05, 3.63) is 83.9 Å². The van der Waals surface area contributed by atoms with Crippen LogP contribution in [0, 0.1) is 11.8 Å². The Kier molecular flexibility index (Phi) is 8.48. The molecule has 3 N–H and O–H groups in total. The van der Waals surface area contributed by atoms with Gasteiger partial charge in [0.25, 0.3) is 0 Å². The zero-order chi connectivity index (χ0) is 27.3. The van der Waals surface area contributed by atoms with Gasteiger partial charge in [-0.05, 0) is 47.7 Å². The number of carbonyl (C=O) groups is 2. The summed E-state index contributed by atoms with van der Waals surface area (Å²) < 4.78 is 29.1. The Morgan fingerprint density at radius 3 is 2.24 bits per heavy atom. The second kappa shape index (κ2) is 11.8. The summed E-state index contributed by atoms with van der Waals surface area (Å²) in [6.07, 6.45) is 2.22. The van der Waals surface area contributed by atoms with E-state index < -0.39 is 10.0 Å². The van der Waals surface area contributed by atoms with Crippen molar-refractivity contribution < 1.29 is 22.7 Å². The molecule has 200 valence electrons. The summed E-state index contributed by atoms with van der Waals surface area (Å²) >= 11 is 0. The van der Waals surface area contributed by atoms with Crippen molar-refractivity contribution in [3.63, 3.8) is 0 Å². The maximum atomic E-state index is 13.3. The van der Waals surface area contributed by atoms with Crippen LogP contribution in [0.25, 0.3) is 11.1 Å². The average Bonchev–Trinajstić information content (AvgIpc) is 3.41. The van der Waals surface area contributed by atoms with E-state index in [9.17, 15) is 18.0 Å². The highest BCUT2D eigenvalue weighted by Crippen LogP contribution is 2.34. The van der Waals surface area contributed by atoms with Gasteiger partial charge in [0.05, 0.1) is 12.0 Å². The summed E-state index contributed by atoms with van der Waals surface area (Å²) in [5.74, 6) is -0.0803. The third-order valence-electron chi connectivity index (χ3n) is 7.05. The lowest BCUT2D eigenvalue weighted by molar-refractivity contribution is -0.140. The zero-order valence-corrected chi connectivity index (χ0v) is 22.4. The number of nitrogens with zero attached hydrogens (tertiary/aromatic N) is 1. The van der Waals surface area contributed by atoms with Crippen molar-refractivity contribution in [1.82, 2.24) is 10.2 Å². The molecule has 0 spiro atoms. The van der Waals surface area contributed by atoms with Crippen LogP contribution in [0.5, 0.6) is 5.75 Å². The summed E-state index contributed by atoms with van der Waals surface area (Å²) in [5, 5.41) is 8.36. The molecule has 0 heterocycles. The maximum Gasteiger partial charge on any atom is 0.238 e. The first-order valence-electron chi connectivity index (χ1n) is 12.5. The summed E-state index contributed by atoms with van der Waals surface area (Å²) in [4.78, 5) is 28.0. The highest BCUT2D eigenvalue weighted by atomic mass is 32.2. The number of rotatable bonds is 9. The first-order chi connectivity index (χ1) is 18.2. The fourth-order valence-corrected chi connectivity index (χ4v) is 5.77. The van der Waals surface area contributed by atoms with Crippen LogP contribution in [0.15, 0.2) is 77.7 Å². The molecule has 3 aromatic carbocycles. The van der Waals surface area contributed by atoms with Crippen LogP contribution in [0.4, 0.5) is 0 Å². The Morgan fingerprint density at radius 1 is 0.947 bits per heavy atom. The molecular weight excluding hydrogens is 502 g/mol. The van der Waals surface area contributed by atoms with Gasteiger partial charge in [-0.25, -0.2) is 13.6 Å². The fourth-order valence-electron chi connectivity index (χ4n) is 5.01. The second-order valence-corrected chi connectivity index (χ2v) is 11.2. The molecule has 0 bridgehead atoms. The monoisotopic (exact) mass is 535 g/mol. The van der Waals surface area contributed by atoms with Crippen LogP contribution < -0.4 is 15.2 Å². The third-order valence-corrected chi connectivity index (χ3v) is 8.02. The quantitative estimate of drug-likeness (QED) is 0.433. The number of ether oxygens (including phenoxy) is 1. The molecule has 0 saturated heterocycles. The molecule has 1 aliphatic carbocycles. The first kappa shape index (κ1) is 27.3. The first-order valence-corrected chi connectivity index (χ1v) is 14.1. The molecule has 8 nitrogen and oxygen atoms in total. The van der Waals surface area contributed by atoms with E-state index in [0.29, 0.717) is 31.5 Å². The predicted octanol–water partition coefficient (Wildman–Crippen LogP) is 3.70. The molecule has 2 amide bonds. The van der Waals surface area contributed by atoms with Gasteiger partial charge in [0.15, 0.2) is 0 Å². The molecule has 38 heavy (non-hydrogen) atoms. The molecule has 0 aliphatic heterocycles. The van der Waals surface area contributed by atoms with Gasteiger partial charge in [-0.1, -0.05) is 61.0 Å². The lowest BCUT2D eigenvalue weighted by atomic mass is 9.93. The molecule has 3 aromatic rings. The number of sulfonamides is 1. The van der Waals surface area contributed by atoms with Crippen molar-refractivity contribution in [1.29, 1.82) is 0 Å². The van der Waals surface area contributed by atoms with Gasteiger partial charge in [0.1, 0.15) is 5.75 Å². The highest BCUT2D eigenvalue weighted by molar-refractivity contribution is 7.89. The van der Waals surface area contributed by atoms with Gasteiger partial charge >= 0.3 is 0 Å². The fraction of sp³-hybridized carbons (Fsp3) is 0.310. The van der Waals surface area contributed by atoms with Crippen LogP contribution in [0.2, 0.25) is 0 Å². The van der Waals surface area contributed by atoms with Crippen molar-refractivity contribution in [2.45, 2.75) is 37.2 Å². The second-order valence-electron chi connectivity index (χ2n) is 9.64. The van der Waals surface area contributed by atoms with E-state index in [2.05, 4.69) is 5.32 Å². The summed E-state index contributed by atoms with van der Waals surface area (Å²) in [5.41, 5.74) is 3.11. The Hall–Kier alpha value is -3.69. The van der Waals surface area contributed by atoms with Crippen LogP contribution in [0.1, 0.15) is 30.4 Å². The van der Waals surface area contributed by atoms with E-state index >= 15 is 0 Å². The standard InChI is InChI=1S/C29H33N3O5S/c1-32(19-21-10-14-22(15-11-21)24-6-3-4-9-27(24)38(30,35)36)29(34)26-8-5-7-25(26)28(33)31-18-20-12-16-23(37-2)17-13-20/h3-4,6,9-17,25-26H,5,7-8,18-19H2,1-2H3,(H,31,33)(H2,30,35,36)/t25-,26-/m0/s1. The number of carbonyl (C=O) groups excluding carboxylic acids is 2. The molecule has 1 saturated carbocycles. The van der Waals surface area contributed by atoms with Crippen molar-refractivity contribution in [2.24, 2.45) is 17.0 Å². The van der Waals surface area contributed by atoms with E-state index in [1.165, 1.54) is 6.07 Å². The van der Waals surface area contributed by atoms with E-state index in [1.54, 1.807) is 37.3 Å². The Labute approximate surface area is 223 Å². The zero-order valence-electron chi connectivity index (χ0n) is 21.6. The number of nitrogens with one attached hydrogen (secondary N) is 1. The molecule has 1 fully saturated rings. The molecule has 0 unspecified atom stereocenters. The average molecular weight is 536 g/mol. The predicted molar refractivity (Wildman–Crippen MR) is 145 cm³/mol. The van der Waals surface area contributed by atoms with Crippen molar-refractivity contribution in [2.75, 3.05) is 14.2 Å². The minimum atomic E-state index is -3.86. The molecule has 1 aliphatic rings. The van der Waals surface area contributed by atoms with Crippen LogP contribution >= 0.6 is 0 Å². The Morgan fingerprint density at radius 2 is 1.58 bits per heavy atom. The van der Waals surface area contributed by atoms with E-state index in [1.807, 2.05) is 48.5 Å². The number of primary sulfonamides is 1. The Balaban J connectivity index is 1.37. The normalized spacial score (nSPS) is 17.1. The van der Waals surface area contributed by atoms with Crippen molar-refractivity contribution in [3.8, 4) is 16.9 Å². The molecule has 9 heteroatoms. The smallest absolute Gasteiger partial charge is 0.238 e. The summed E-state index contributed by atoms with van der Waals surface area (Å²) in [6.45, 7) is 0.781. The minimum absolute atomic E-state index is 0.0456. The third kappa shape index (κ3) is 6.41. The number of methoxy groups -OCH3 is 1. The molecule has 0 radical (unpaired) electrons. The number of hydrogen-bond acceptors (Lipinski definition) is 5. The molecule has 0 aromatic heterocycles. The topological polar surface area (TPSA) is 119 Å². The SMILES string of the molecule is COc1ccc(CNC(=O)[C@H]2CCC[C@@H]2C(=O)N(C)Cc2ccc(-c3ccccc3S(N)(=O)=O)cc2)cc1. The number of nitrogens with two attached hydrogens (primary N) is 1. The molecule has 2 atom stereocenters. The molecule has 4 rings (SSSR count). The summed E-state index contributed by atoms with van der Waals surface area (Å²) in [6, 6.07) is 21.5. The van der Waals surface area contributed by atoms with Crippen LogP contribution in [-0.4, -0.2) is 39.3 Å². The van der Waals surface area contributed by atoms with Gasteiger partial charge in [-0.15, -0.1) is 0 Å². The van der Waals surface area contributed by atoms with E-state index in [4.69, 9.17) is 9.88 Å². The van der Waals surface area contributed by atoms with Gasteiger partial charge in [-0.3, -0.25) is 9.59 Å². The Bertz CT molecular complexity index is 1390. The number of hydrogen-bond donors (Lipinski definition) is 2. The maximum absolute atomic E-state index is 13.3. The molecular formula is C29H33N3O5S. The number of amides is 2. The summed E-state index contributed by atoms with van der Waals surface area (Å²) in [7, 11) is -0.502. The van der Waals surface area contributed by atoms with Gasteiger partial charge < -0.3 is 15.0 Å². The lowest BCUT2D eigenvalue weighted by Crippen LogP contribution is -2.40. The van der Waals surface area contributed by atoms with E-state index in [-0.39, 0.29) is 28.5 Å². The van der Waals surface area contributed by atoms with Crippen LogP contribution in [0.3, 0.4) is 0 Å². The minimum Gasteiger partial charge on any atom is -0.497 e.